The van der Waals surface area contributed by atoms with Crippen LogP contribution in [0.25, 0.3) is 11.0 Å². The SMILES string of the molecule is Fc1cnc2cccc(C3CCCSS3)c2n1. The monoisotopic (exact) mass is 266 g/mol. The maximum atomic E-state index is 13.2. The van der Waals surface area contributed by atoms with E-state index in [9.17, 15) is 4.39 Å². The zero-order valence-electron chi connectivity index (χ0n) is 9.10. The van der Waals surface area contributed by atoms with E-state index in [0.717, 1.165) is 17.5 Å². The lowest BCUT2D eigenvalue weighted by atomic mass is 10.1. The van der Waals surface area contributed by atoms with Crippen LogP contribution in [0.3, 0.4) is 0 Å². The molecule has 0 saturated carbocycles. The van der Waals surface area contributed by atoms with E-state index in [2.05, 4.69) is 9.97 Å². The van der Waals surface area contributed by atoms with Crippen molar-refractivity contribution >= 4 is 32.6 Å². The normalized spacial score (nSPS) is 20.6. The van der Waals surface area contributed by atoms with Gasteiger partial charge in [0, 0.05) is 11.0 Å². The maximum absolute atomic E-state index is 13.2. The van der Waals surface area contributed by atoms with Crippen LogP contribution in [0.1, 0.15) is 23.7 Å². The molecule has 2 nitrogen and oxygen atoms in total. The number of para-hydroxylation sites is 1. The van der Waals surface area contributed by atoms with Gasteiger partial charge < -0.3 is 0 Å². The van der Waals surface area contributed by atoms with E-state index >= 15 is 0 Å². The van der Waals surface area contributed by atoms with Gasteiger partial charge in [0.15, 0.2) is 0 Å². The van der Waals surface area contributed by atoms with Crippen molar-refractivity contribution in [3.63, 3.8) is 0 Å². The van der Waals surface area contributed by atoms with Crippen molar-refractivity contribution in [2.75, 3.05) is 5.75 Å². The van der Waals surface area contributed by atoms with E-state index in [-0.39, 0.29) is 0 Å². The number of nitrogens with zero attached hydrogens (tertiary/aromatic N) is 2. The molecule has 1 aliphatic rings. The van der Waals surface area contributed by atoms with Crippen molar-refractivity contribution in [3.8, 4) is 0 Å². The van der Waals surface area contributed by atoms with Crippen LogP contribution >= 0.6 is 21.6 Å². The van der Waals surface area contributed by atoms with E-state index in [1.54, 1.807) is 0 Å². The molecule has 1 aromatic carbocycles. The number of aromatic nitrogens is 2. The summed E-state index contributed by atoms with van der Waals surface area (Å²) < 4.78 is 13.2. The first-order chi connectivity index (χ1) is 8.34. The van der Waals surface area contributed by atoms with Gasteiger partial charge in [-0.3, -0.25) is 0 Å². The molecule has 1 atom stereocenters. The highest BCUT2D eigenvalue weighted by Crippen LogP contribution is 2.46. The van der Waals surface area contributed by atoms with Crippen molar-refractivity contribution in [2.24, 2.45) is 0 Å². The van der Waals surface area contributed by atoms with Crippen molar-refractivity contribution in [1.29, 1.82) is 0 Å². The quantitative estimate of drug-likeness (QED) is 0.729. The third-order valence-electron chi connectivity index (χ3n) is 2.80. The first-order valence-electron chi connectivity index (χ1n) is 5.54. The Balaban J connectivity index is 2.11. The Hall–Kier alpha value is -0.810. The van der Waals surface area contributed by atoms with Gasteiger partial charge in [-0.15, -0.1) is 0 Å². The average molecular weight is 266 g/mol. The van der Waals surface area contributed by atoms with Gasteiger partial charge >= 0.3 is 0 Å². The molecule has 17 heavy (non-hydrogen) atoms. The predicted octanol–water partition coefficient (Wildman–Crippen LogP) is 3.99. The number of benzene rings is 1. The van der Waals surface area contributed by atoms with Crippen molar-refractivity contribution in [2.45, 2.75) is 18.1 Å². The summed E-state index contributed by atoms with van der Waals surface area (Å²) in [5, 5.41) is 0.411. The Bertz CT molecular complexity index is 541. The van der Waals surface area contributed by atoms with E-state index in [0.29, 0.717) is 10.8 Å². The minimum absolute atomic E-state index is 0.411. The topological polar surface area (TPSA) is 25.8 Å². The van der Waals surface area contributed by atoms with Crippen LogP contribution in [0.4, 0.5) is 4.39 Å². The minimum Gasteiger partial charge on any atom is -0.250 e. The summed E-state index contributed by atoms with van der Waals surface area (Å²) in [6.45, 7) is 0. The number of rotatable bonds is 1. The smallest absolute Gasteiger partial charge is 0.231 e. The van der Waals surface area contributed by atoms with Crippen LogP contribution in [-0.4, -0.2) is 15.7 Å². The van der Waals surface area contributed by atoms with Gasteiger partial charge in [0.2, 0.25) is 5.95 Å². The first-order valence-corrected chi connectivity index (χ1v) is 7.92. The molecule has 2 heterocycles. The highest BCUT2D eigenvalue weighted by atomic mass is 33.1. The molecule has 0 aliphatic carbocycles. The molecule has 88 valence electrons. The van der Waals surface area contributed by atoms with Crippen LogP contribution < -0.4 is 0 Å². The zero-order chi connectivity index (χ0) is 11.7. The predicted molar refractivity (Wildman–Crippen MR) is 71.5 cm³/mol. The lowest BCUT2D eigenvalue weighted by molar-refractivity contribution is 0.582. The summed E-state index contributed by atoms with van der Waals surface area (Å²) in [6.07, 6.45) is 3.52. The Morgan fingerprint density at radius 1 is 1.35 bits per heavy atom. The fraction of sp³-hybridized carbons (Fsp3) is 0.333. The number of halogens is 1. The molecule has 1 fully saturated rings. The van der Waals surface area contributed by atoms with E-state index in [1.807, 2.05) is 39.8 Å². The highest BCUT2D eigenvalue weighted by Gasteiger charge is 2.19. The van der Waals surface area contributed by atoms with Crippen LogP contribution in [0.2, 0.25) is 0 Å². The van der Waals surface area contributed by atoms with Crippen molar-refractivity contribution in [1.82, 2.24) is 9.97 Å². The fourth-order valence-corrected chi connectivity index (χ4v) is 4.84. The molecule has 1 saturated heterocycles. The number of hydrogen-bond acceptors (Lipinski definition) is 4. The molecule has 0 radical (unpaired) electrons. The Kier molecular flexibility index (Phi) is 3.20. The maximum Gasteiger partial charge on any atom is 0.231 e. The lowest BCUT2D eigenvalue weighted by Crippen LogP contribution is -2.01. The van der Waals surface area contributed by atoms with Gasteiger partial charge in [-0.1, -0.05) is 33.7 Å². The summed E-state index contributed by atoms with van der Waals surface area (Å²) in [5.41, 5.74) is 2.61. The van der Waals surface area contributed by atoms with Crippen LogP contribution in [0, 0.1) is 5.95 Å². The molecule has 0 bridgehead atoms. The molecule has 1 aliphatic heterocycles. The van der Waals surface area contributed by atoms with E-state index in [1.165, 1.54) is 18.4 Å². The van der Waals surface area contributed by atoms with Crippen molar-refractivity contribution < 1.29 is 4.39 Å². The van der Waals surface area contributed by atoms with Gasteiger partial charge in [0.05, 0.1) is 17.2 Å². The second kappa shape index (κ2) is 4.82. The van der Waals surface area contributed by atoms with Gasteiger partial charge in [-0.25, -0.2) is 9.97 Å². The lowest BCUT2D eigenvalue weighted by Gasteiger charge is -2.21. The van der Waals surface area contributed by atoms with Gasteiger partial charge in [-0.05, 0) is 24.5 Å². The molecular weight excluding hydrogens is 255 g/mol. The third-order valence-corrected chi connectivity index (χ3v) is 5.72. The Morgan fingerprint density at radius 2 is 2.29 bits per heavy atom. The van der Waals surface area contributed by atoms with Crippen molar-refractivity contribution in [3.05, 3.63) is 35.9 Å². The molecule has 1 unspecified atom stereocenters. The van der Waals surface area contributed by atoms with Gasteiger partial charge in [0.25, 0.3) is 0 Å². The zero-order valence-corrected chi connectivity index (χ0v) is 10.7. The fourth-order valence-electron chi connectivity index (χ4n) is 2.01. The van der Waals surface area contributed by atoms with Gasteiger partial charge in [-0.2, -0.15) is 4.39 Å². The summed E-state index contributed by atoms with van der Waals surface area (Å²) in [4.78, 5) is 8.08. The molecule has 2 aromatic rings. The number of hydrogen-bond donors (Lipinski definition) is 0. The minimum atomic E-state index is -0.501. The summed E-state index contributed by atoms with van der Waals surface area (Å²) in [7, 11) is 3.75. The second-order valence-corrected chi connectivity index (χ2v) is 6.65. The molecule has 0 N–H and O–H groups in total. The Morgan fingerprint density at radius 3 is 3.12 bits per heavy atom. The highest BCUT2D eigenvalue weighted by molar-refractivity contribution is 8.76. The standard InChI is InChI=1S/C12H11FN2S2/c13-11-7-14-9-4-1-3-8(12(9)15-11)10-5-2-6-16-17-10/h1,3-4,7,10H,2,5-6H2. The third kappa shape index (κ3) is 2.26. The summed E-state index contributed by atoms with van der Waals surface area (Å²) >= 11 is 0. The largest absolute Gasteiger partial charge is 0.250 e. The van der Waals surface area contributed by atoms with Crippen LogP contribution in [-0.2, 0) is 0 Å². The Labute approximate surface area is 107 Å². The average Bonchev–Trinajstić information content (AvgIpc) is 2.39. The number of fused-ring (bicyclic) bond motifs is 1. The second-order valence-electron chi connectivity index (χ2n) is 3.96. The molecule has 1 aromatic heterocycles. The molecule has 3 rings (SSSR count). The van der Waals surface area contributed by atoms with Crippen LogP contribution in [0.5, 0.6) is 0 Å². The molecule has 0 spiro atoms. The van der Waals surface area contributed by atoms with E-state index < -0.39 is 5.95 Å². The van der Waals surface area contributed by atoms with E-state index in [4.69, 9.17) is 0 Å². The first kappa shape index (κ1) is 11.3. The van der Waals surface area contributed by atoms with Gasteiger partial charge in [0.1, 0.15) is 0 Å². The summed E-state index contributed by atoms with van der Waals surface area (Å²) in [5.74, 6) is 0.699. The molecule has 0 amide bonds. The summed E-state index contributed by atoms with van der Waals surface area (Å²) in [6, 6.07) is 5.90. The molecular formula is C12H11FN2S2. The van der Waals surface area contributed by atoms with Crippen LogP contribution in [0.15, 0.2) is 24.4 Å². The molecule has 5 heteroatoms.